The number of hydrogen-bond acceptors (Lipinski definition) is 1. The molecule has 0 aliphatic carbocycles. The van der Waals surface area contributed by atoms with Crippen molar-refractivity contribution in [2.45, 2.75) is 6.54 Å². The second-order valence-corrected chi connectivity index (χ2v) is 5.13. The van der Waals surface area contributed by atoms with Crippen molar-refractivity contribution in [1.82, 2.24) is 4.57 Å². The molecule has 0 unspecified atom stereocenters. The lowest BCUT2D eigenvalue weighted by Gasteiger charge is -2.06. The molecule has 0 atom stereocenters. The van der Waals surface area contributed by atoms with Crippen molar-refractivity contribution in [3.05, 3.63) is 70.9 Å². The van der Waals surface area contributed by atoms with Gasteiger partial charge in [-0.15, -0.1) is 0 Å². The molecule has 106 valence electrons. The fourth-order valence-electron chi connectivity index (χ4n) is 2.25. The number of Topliss-reactive ketones (excluding diaryl/α,β-unsaturated/α-hetero) is 1. The van der Waals surface area contributed by atoms with Crippen molar-refractivity contribution < 1.29 is 13.6 Å². The molecule has 1 heterocycles. The SMILES string of the molecule is O=C(Cn1ccc2ccc(Cl)cc21)c1cc(F)ccc1F. The van der Waals surface area contributed by atoms with E-state index in [-0.39, 0.29) is 12.1 Å². The van der Waals surface area contributed by atoms with Crippen LogP contribution in [0.3, 0.4) is 0 Å². The van der Waals surface area contributed by atoms with Crippen LogP contribution < -0.4 is 0 Å². The van der Waals surface area contributed by atoms with E-state index in [9.17, 15) is 13.6 Å². The Hall–Kier alpha value is -2.20. The number of rotatable bonds is 3. The molecule has 3 rings (SSSR count). The Morgan fingerprint density at radius 2 is 1.90 bits per heavy atom. The number of ketones is 1. The number of carbonyl (C=O) groups is 1. The van der Waals surface area contributed by atoms with E-state index in [0.717, 1.165) is 29.1 Å². The third kappa shape index (κ3) is 2.67. The first kappa shape index (κ1) is 13.8. The summed E-state index contributed by atoms with van der Waals surface area (Å²) in [5.74, 6) is -1.86. The predicted octanol–water partition coefficient (Wildman–Crippen LogP) is 4.46. The summed E-state index contributed by atoms with van der Waals surface area (Å²) < 4.78 is 28.4. The predicted molar refractivity (Wildman–Crippen MR) is 77.6 cm³/mol. The zero-order valence-corrected chi connectivity index (χ0v) is 11.6. The Morgan fingerprint density at radius 1 is 1.10 bits per heavy atom. The van der Waals surface area contributed by atoms with Crippen LogP contribution in [0.2, 0.25) is 5.02 Å². The van der Waals surface area contributed by atoms with Gasteiger partial charge in [-0.2, -0.15) is 0 Å². The fraction of sp³-hybridized carbons (Fsp3) is 0.0625. The third-order valence-electron chi connectivity index (χ3n) is 3.28. The van der Waals surface area contributed by atoms with Crippen LogP contribution in [0.1, 0.15) is 10.4 Å². The summed E-state index contributed by atoms with van der Waals surface area (Å²) in [7, 11) is 0. The average molecular weight is 306 g/mol. The molecule has 0 aliphatic rings. The van der Waals surface area contributed by atoms with Crippen molar-refractivity contribution in [2.24, 2.45) is 0 Å². The lowest BCUT2D eigenvalue weighted by Crippen LogP contribution is -2.11. The van der Waals surface area contributed by atoms with Gasteiger partial charge < -0.3 is 4.57 Å². The maximum absolute atomic E-state index is 13.6. The van der Waals surface area contributed by atoms with E-state index in [4.69, 9.17) is 11.6 Å². The standard InChI is InChI=1S/C16H10ClF2NO/c17-11-2-1-10-5-6-20(15(10)7-11)9-16(21)13-8-12(18)3-4-14(13)19/h1-8H,9H2. The maximum Gasteiger partial charge on any atom is 0.185 e. The molecule has 21 heavy (non-hydrogen) atoms. The molecule has 0 N–H and O–H groups in total. The molecule has 3 aromatic rings. The molecule has 1 aromatic heterocycles. The Kier molecular flexibility index (Phi) is 3.47. The topological polar surface area (TPSA) is 22.0 Å². The zero-order valence-electron chi connectivity index (χ0n) is 10.8. The van der Waals surface area contributed by atoms with Gasteiger partial charge in [0.15, 0.2) is 5.78 Å². The van der Waals surface area contributed by atoms with Crippen LogP contribution in [0.5, 0.6) is 0 Å². The van der Waals surface area contributed by atoms with Crippen LogP contribution in [0.4, 0.5) is 8.78 Å². The highest BCUT2D eigenvalue weighted by Crippen LogP contribution is 2.21. The molecule has 0 amide bonds. The molecule has 5 heteroatoms. The Morgan fingerprint density at radius 3 is 2.71 bits per heavy atom. The largest absolute Gasteiger partial charge is 0.340 e. The van der Waals surface area contributed by atoms with Gasteiger partial charge in [-0.25, -0.2) is 8.78 Å². The summed E-state index contributed by atoms with van der Waals surface area (Å²) >= 11 is 5.94. The minimum Gasteiger partial charge on any atom is -0.340 e. The molecular weight excluding hydrogens is 296 g/mol. The molecule has 0 bridgehead atoms. The van der Waals surface area contributed by atoms with Crippen molar-refractivity contribution in [1.29, 1.82) is 0 Å². The summed E-state index contributed by atoms with van der Waals surface area (Å²) in [4.78, 5) is 12.2. The summed E-state index contributed by atoms with van der Waals surface area (Å²) in [5.41, 5.74) is 0.520. The van der Waals surface area contributed by atoms with E-state index < -0.39 is 17.4 Å². The number of halogens is 3. The van der Waals surface area contributed by atoms with E-state index in [1.807, 2.05) is 12.1 Å². The summed E-state index contributed by atoms with van der Waals surface area (Å²) in [6.07, 6.45) is 1.72. The van der Waals surface area contributed by atoms with Gasteiger partial charge in [-0.3, -0.25) is 4.79 Å². The van der Waals surface area contributed by atoms with Crippen molar-refractivity contribution in [3.8, 4) is 0 Å². The van der Waals surface area contributed by atoms with Gasteiger partial charge >= 0.3 is 0 Å². The van der Waals surface area contributed by atoms with Crippen LogP contribution in [-0.4, -0.2) is 10.4 Å². The maximum atomic E-state index is 13.6. The van der Waals surface area contributed by atoms with E-state index >= 15 is 0 Å². The monoisotopic (exact) mass is 305 g/mol. The van der Waals surface area contributed by atoms with E-state index in [1.165, 1.54) is 0 Å². The van der Waals surface area contributed by atoms with Gasteiger partial charge in [-0.1, -0.05) is 17.7 Å². The highest BCUT2D eigenvalue weighted by atomic mass is 35.5. The molecule has 2 aromatic carbocycles. The van der Waals surface area contributed by atoms with Gasteiger partial charge in [0.25, 0.3) is 0 Å². The van der Waals surface area contributed by atoms with E-state index in [0.29, 0.717) is 5.02 Å². The fourth-order valence-corrected chi connectivity index (χ4v) is 2.41. The highest BCUT2D eigenvalue weighted by Gasteiger charge is 2.14. The number of hydrogen-bond donors (Lipinski definition) is 0. The average Bonchev–Trinajstić information content (AvgIpc) is 2.84. The van der Waals surface area contributed by atoms with Crippen molar-refractivity contribution in [3.63, 3.8) is 0 Å². The van der Waals surface area contributed by atoms with Gasteiger partial charge in [-0.05, 0) is 41.8 Å². The number of carbonyl (C=O) groups excluding carboxylic acids is 1. The smallest absolute Gasteiger partial charge is 0.185 e. The molecule has 0 aliphatic heterocycles. The number of aromatic nitrogens is 1. The molecule has 0 spiro atoms. The normalized spacial score (nSPS) is 11.0. The second kappa shape index (κ2) is 5.30. The zero-order chi connectivity index (χ0) is 15.0. The Labute approximate surface area is 124 Å². The number of nitrogens with zero attached hydrogens (tertiary/aromatic N) is 1. The Bertz CT molecular complexity index is 841. The Balaban J connectivity index is 1.96. The lowest BCUT2D eigenvalue weighted by molar-refractivity contribution is 0.0969. The molecule has 2 nitrogen and oxygen atoms in total. The molecule has 0 fully saturated rings. The molecule has 0 radical (unpaired) electrons. The van der Waals surface area contributed by atoms with Crippen molar-refractivity contribution >= 4 is 28.3 Å². The van der Waals surface area contributed by atoms with Crippen LogP contribution in [-0.2, 0) is 6.54 Å². The summed E-state index contributed by atoms with van der Waals surface area (Å²) in [6, 6.07) is 10.00. The van der Waals surface area contributed by atoms with E-state index in [2.05, 4.69) is 0 Å². The van der Waals surface area contributed by atoms with Crippen LogP contribution >= 0.6 is 11.6 Å². The first-order valence-electron chi connectivity index (χ1n) is 6.27. The van der Waals surface area contributed by atoms with Gasteiger partial charge in [0.2, 0.25) is 0 Å². The van der Waals surface area contributed by atoms with Crippen LogP contribution in [0.15, 0.2) is 48.7 Å². The molecular formula is C16H10ClF2NO. The van der Waals surface area contributed by atoms with Crippen molar-refractivity contribution in [2.75, 3.05) is 0 Å². The quantitative estimate of drug-likeness (QED) is 0.655. The second-order valence-electron chi connectivity index (χ2n) is 4.69. The van der Waals surface area contributed by atoms with Crippen LogP contribution in [0, 0.1) is 11.6 Å². The first-order chi connectivity index (χ1) is 10.0. The lowest BCUT2D eigenvalue weighted by atomic mass is 10.1. The summed E-state index contributed by atoms with van der Waals surface area (Å²) in [6.45, 7) is -0.0792. The molecule has 0 saturated carbocycles. The van der Waals surface area contributed by atoms with Crippen LogP contribution in [0.25, 0.3) is 10.9 Å². The first-order valence-corrected chi connectivity index (χ1v) is 6.65. The third-order valence-corrected chi connectivity index (χ3v) is 3.51. The van der Waals surface area contributed by atoms with E-state index in [1.54, 1.807) is 22.9 Å². The van der Waals surface area contributed by atoms with Gasteiger partial charge in [0, 0.05) is 16.7 Å². The van der Waals surface area contributed by atoms with Gasteiger partial charge in [0.05, 0.1) is 12.1 Å². The highest BCUT2D eigenvalue weighted by molar-refractivity contribution is 6.31. The minimum atomic E-state index is -0.726. The minimum absolute atomic E-state index is 0.0792. The number of benzene rings is 2. The molecule has 0 saturated heterocycles. The van der Waals surface area contributed by atoms with Gasteiger partial charge in [0.1, 0.15) is 11.6 Å². The number of fused-ring (bicyclic) bond motifs is 1. The summed E-state index contributed by atoms with van der Waals surface area (Å²) in [5, 5.41) is 1.47.